The fourth-order valence-electron chi connectivity index (χ4n) is 3.89. The lowest BCUT2D eigenvalue weighted by Gasteiger charge is -2.37. The van der Waals surface area contributed by atoms with E-state index in [2.05, 4.69) is 23.7 Å². The summed E-state index contributed by atoms with van der Waals surface area (Å²) < 4.78 is 39.3. The number of carbonyl (C=O) groups is 1. The van der Waals surface area contributed by atoms with Gasteiger partial charge in [0.25, 0.3) is 5.91 Å². The van der Waals surface area contributed by atoms with Gasteiger partial charge in [-0.3, -0.25) is 4.79 Å². The average Bonchev–Trinajstić information content (AvgIpc) is 3.09. The second-order valence-corrected chi connectivity index (χ2v) is 8.78. The number of thiazole rings is 1. The Hall–Kier alpha value is -1.64. The molecule has 1 aromatic heterocycles. The van der Waals surface area contributed by atoms with Crippen molar-refractivity contribution in [1.82, 2.24) is 14.8 Å². The van der Waals surface area contributed by atoms with E-state index in [1.807, 2.05) is 4.90 Å². The molecule has 1 fully saturated rings. The third-order valence-electron chi connectivity index (χ3n) is 5.60. The number of nitrogens with zero attached hydrogens (tertiary/aromatic N) is 3. The SMILES string of the molecule is CCN(CC)C1CCN(C(=O)c2sc(-c3cc(C(F)(F)F)ccc3Cl)nc2C)CC1. The van der Waals surface area contributed by atoms with Crippen LogP contribution in [0.2, 0.25) is 5.02 Å². The number of piperidine rings is 1. The van der Waals surface area contributed by atoms with Crippen LogP contribution in [0.25, 0.3) is 10.6 Å². The summed E-state index contributed by atoms with van der Waals surface area (Å²) in [5.41, 5.74) is -0.0840. The van der Waals surface area contributed by atoms with Crippen molar-refractivity contribution in [3.8, 4) is 10.6 Å². The van der Waals surface area contributed by atoms with Crippen molar-refractivity contribution >= 4 is 28.8 Å². The molecule has 0 aliphatic carbocycles. The lowest BCUT2D eigenvalue weighted by atomic mass is 10.0. The zero-order chi connectivity index (χ0) is 22.1. The van der Waals surface area contributed by atoms with E-state index in [0.29, 0.717) is 34.7 Å². The van der Waals surface area contributed by atoms with Gasteiger partial charge in [-0.05, 0) is 51.1 Å². The van der Waals surface area contributed by atoms with Gasteiger partial charge in [-0.1, -0.05) is 25.4 Å². The zero-order valence-electron chi connectivity index (χ0n) is 17.2. The molecule has 1 aliphatic rings. The highest BCUT2D eigenvalue weighted by Gasteiger charge is 2.32. The minimum Gasteiger partial charge on any atom is -0.338 e. The molecule has 1 amide bonds. The first-order chi connectivity index (χ1) is 14.2. The van der Waals surface area contributed by atoms with Gasteiger partial charge in [-0.2, -0.15) is 13.2 Å². The van der Waals surface area contributed by atoms with Crippen molar-refractivity contribution in [2.24, 2.45) is 0 Å². The minimum atomic E-state index is -4.47. The molecular formula is C21H25ClF3N3OS. The van der Waals surface area contributed by atoms with Crippen molar-refractivity contribution < 1.29 is 18.0 Å². The number of carbonyl (C=O) groups excluding carboxylic acids is 1. The molecule has 4 nitrogen and oxygen atoms in total. The maximum absolute atomic E-state index is 13.1. The van der Waals surface area contributed by atoms with Gasteiger partial charge in [-0.15, -0.1) is 11.3 Å². The zero-order valence-corrected chi connectivity index (χ0v) is 18.8. The summed E-state index contributed by atoms with van der Waals surface area (Å²) in [6.45, 7) is 9.30. The number of rotatable bonds is 5. The molecule has 0 radical (unpaired) electrons. The molecule has 2 aromatic rings. The molecule has 3 rings (SSSR count). The molecule has 164 valence electrons. The lowest BCUT2D eigenvalue weighted by molar-refractivity contribution is -0.137. The molecule has 1 saturated heterocycles. The monoisotopic (exact) mass is 459 g/mol. The van der Waals surface area contributed by atoms with E-state index in [9.17, 15) is 18.0 Å². The van der Waals surface area contributed by atoms with Crippen LogP contribution in [0, 0.1) is 6.92 Å². The van der Waals surface area contributed by atoms with E-state index in [1.54, 1.807) is 6.92 Å². The van der Waals surface area contributed by atoms with Crippen LogP contribution in [-0.4, -0.2) is 52.9 Å². The predicted octanol–water partition coefficient (Wildman–Crippen LogP) is 5.74. The fraction of sp³-hybridized carbons (Fsp3) is 0.524. The Morgan fingerprint density at radius 3 is 2.47 bits per heavy atom. The summed E-state index contributed by atoms with van der Waals surface area (Å²) in [4.78, 5) is 22.1. The molecule has 9 heteroatoms. The lowest BCUT2D eigenvalue weighted by Crippen LogP contribution is -2.46. The first-order valence-corrected chi connectivity index (χ1v) is 11.2. The van der Waals surface area contributed by atoms with Gasteiger partial charge >= 0.3 is 6.18 Å². The van der Waals surface area contributed by atoms with Gasteiger partial charge in [0, 0.05) is 24.7 Å². The van der Waals surface area contributed by atoms with Gasteiger partial charge in [0.15, 0.2) is 0 Å². The summed E-state index contributed by atoms with van der Waals surface area (Å²) in [6.07, 6.45) is -2.64. The Morgan fingerprint density at radius 2 is 1.90 bits per heavy atom. The number of benzene rings is 1. The van der Waals surface area contributed by atoms with Crippen molar-refractivity contribution in [1.29, 1.82) is 0 Å². The number of likely N-dealkylation sites (tertiary alicyclic amines) is 1. The van der Waals surface area contributed by atoms with Gasteiger partial charge in [0.2, 0.25) is 0 Å². The summed E-state index contributed by atoms with van der Waals surface area (Å²) >= 11 is 7.24. The first kappa shape index (κ1) is 23.0. The topological polar surface area (TPSA) is 36.4 Å². The Kier molecular flexibility index (Phi) is 7.09. The van der Waals surface area contributed by atoms with Gasteiger partial charge < -0.3 is 9.80 Å². The maximum atomic E-state index is 13.1. The summed E-state index contributed by atoms with van der Waals surface area (Å²) in [5.74, 6) is -0.114. The molecule has 0 bridgehead atoms. The third-order valence-corrected chi connectivity index (χ3v) is 7.10. The molecule has 2 heterocycles. The van der Waals surface area contributed by atoms with Crippen LogP contribution in [0.3, 0.4) is 0 Å². The Morgan fingerprint density at radius 1 is 1.27 bits per heavy atom. The molecule has 1 aromatic carbocycles. The van der Waals surface area contributed by atoms with E-state index in [1.165, 1.54) is 6.07 Å². The van der Waals surface area contributed by atoms with Crippen LogP contribution in [0.15, 0.2) is 18.2 Å². The van der Waals surface area contributed by atoms with Gasteiger partial charge in [-0.25, -0.2) is 4.98 Å². The second kappa shape index (κ2) is 9.24. The molecular weight excluding hydrogens is 435 g/mol. The van der Waals surface area contributed by atoms with Crippen LogP contribution in [0.4, 0.5) is 13.2 Å². The summed E-state index contributed by atoms with van der Waals surface area (Å²) in [5, 5.41) is 0.501. The van der Waals surface area contributed by atoms with Crippen LogP contribution < -0.4 is 0 Å². The average molecular weight is 460 g/mol. The highest BCUT2D eigenvalue weighted by Crippen LogP contribution is 2.38. The molecule has 0 saturated carbocycles. The van der Waals surface area contributed by atoms with Gasteiger partial charge in [0.1, 0.15) is 9.88 Å². The Balaban J connectivity index is 1.80. The predicted molar refractivity (Wildman–Crippen MR) is 114 cm³/mol. The minimum absolute atomic E-state index is 0.114. The number of aryl methyl sites for hydroxylation is 1. The number of halogens is 4. The Labute approximate surface area is 183 Å². The highest BCUT2D eigenvalue weighted by atomic mass is 35.5. The number of hydrogen-bond donors (Lipinski definition) is 0. The maximum Gasteiger partial charge on any atom is 0.416 e. The molecule has 0 unspecified atom stereocenters. The molecule has 0 atom stereocenters. The van der Waals surface area contributed by atoms with Crippen molar-refractivity contribution in [3.63, 3.8) is 0 Å². The van der Waals surface area contributed by atoms with E-state index >= 15 is 0 Å². The van der Waals surface area contributed by atoms with Crippen LogP contribution >= 0.6 is 22.9 Å². The fourth-order valence-corrected chi connectivity index (χ4v) is 5.22. The molecule has 30 heavy (non-hydrogen) atoms. The number of hydrogen-bond acceptors (Lipinski definition) is 4. The quantitative estimate of drug-likeness (QED) is 0.572. The van der Waals surface area contributed by atoms with Crippen LogP contribution in [0.5, 0.6) is 0 Å². The highest BCUT2D eigenvalue weighted by molar-refractivity contribution is 7.17. The number of aromatic nitrogens is 1. The summed E-state index contributed by atoms with van der Waals surface area (Å²) in [7, 11) is 0. The van der Waals surface area contributed by atoms with E-state index < -0.39 is 11.7 Å². The standard InChI is InChI=1S/C21H25ClF3N3OS/c1-4-27(5-2)15-8-10-28(11-9-15)20(29)18-13(3)26-19(30-18)16-12-14(21(23,24)25)6-7-17(16)22/h6-7,12,15H,4-5,8-11H2,1-3H3. The van der Waals surface area contributed by atoms with E-state index in [4.69, 9.17) is 11.6 Å². The van der Waals surface area contributed by atoms with E-state index in [-0.39, 0.29) is 16.5 Å². The summed E-state index contributed by atoms with van der Waals surface area (Å²) in [6, 6.07) is 3.63. The molecule has 0 N–H and O–H groups in total. The second-order valence-electron chi connectivity index (χ2n) is 7.37. The van der Waals surface area contributed by atoms with Crippen LogP contribution in [0.1, 0.15) is 47.6 Å². The van der Waals surface area contributed by atoms with Crippen molar-refractivity contribution in [2.45, 2.75) is 45.8 Å². The molecule has 1 aliphatic heterocycles. The molecule has 0 spiro atoms. The number of alkyl halides is 3. The first-order valence-electron chi connectivity index (χ1n) is 10.0. The van der Waals surface area contributed by atoms with Crippen LogP contribution in [-0.2, 0) is 6.18 Å². The smallest absolute Gasteiger partial charge is 0.338 e. The normalized spacial score (nSPS) is 15.8. The van der Waals surface area contributed by atoms with Crippen molar-refractivity contribution in [2.75, 3.05) is 26.2 Å². The third kappa shape index (κ3) is 4.81. The van der Waals surface area contributed by atoms with Gasteiger partial charge in [0.05, 0.1) is 16.3 Å². The largest absolute Gasteiger partial charge is 0.416 e. The Bertz CT molecular complexity index is 903. The van der Waals surface area contributed by atoms with Crippen molar-refractivity contribution in [3.05, 3.63) is 39.4 Å². The van der Waals surface area contributed by atoms with E-state index in [0.717, 1.165) is 49.4 Å². The number of amides is 1.